The van der Waals surface area contributed by atoms with Crippen LogP contribution < -0.4 is 0 Å². The molecular weight excluding hydrogens is 318 g/mol. The molecule has 22 heavy (non-hydrogen) atoms. The Morgan fingerprint density at radius 2 is 2.32 bits per heavy atom. The Hall–Kier alpha value is -1.99. The van der Waals surface area contributed by atoms with E-state index in [0.29, 0.717) is 18.3 Å². The number of carbonyl (C=O) groups is 1. The molecule has 0 spiro atoms. The van der Waals surface area contributed by atoms with Crippen molar-refractivity contribution in [3.8, 4) is 10.8 Å². The smallest absolute Gasteiger partial charge is 0.267 e. The molecule has 1 atom stereocenters. The summed E-state index contributed by atoms with van der Waals surface area (Å²) in [5.41, 5.74) is 0.762. The maximum absolute atomic E-state index is 12.3. The Labute approximate surface area is 135 Å². The van der Waals surface area contributed by atoms with Gasteiger partial charge < -0.3 is 9.42 Å². The van der Waals surface area contributed by atoms with Gasteiger partial charge in [0.1, 0.15) is 0 Å². The molecule has 5 nitrogen and oxygen atoms in total. The predicted octanol–water partition coefficient (Wildman–Crippen LogP) is 3.49. The third-order valence-electron chi connectivity index (χ3n) is 3.78. The zero-order valence-electron chi connectivity index (χ0n) is 11.6. The summed E-state index contributed by atoms with van der Waals surface area (Å²) >= 11 is 3.12. The number of likely N-dealkylation sites (tertiary alicyclic amines) is 1. The fourth-order valence-electron chi connectivity index (χ4n) is 2.63. The van der Waals surface area contributed by atoms with Gasteiger partial charge in [-0.25, -0.2) is 0 Å². The van der Waals surface area contributed by atoms with Crippen LogP contribution in [0.2, 0.25) is 0 Å². The third-order valence-corrected chi connectivity index (χ3v) is 5.32. The van der Waals surface area contributed by atoms with E-state index in [1.807, 2.05) is 39.2 Å². The van der Waals surface area contributed by atoms with Gasteiger partial charge in [-0.05, 0) is 29.3 Å². The summed E-state index contributed by atoms with van der Waals surface area (Å²) in [6.45, 7) is 1.39. The first kappa shape index (κ1) is 13.7. The van der Waals surface area contributed by atoms with Crippen LogP contribution in [-0.2, 0) is 0 Å². The average molecular weight is 331 g/mol. The van der Waals surface area contributed by atoms with Crippen molar-refractivity contribution in [3.63, 3.8) is 0 Å². The van der Waals surface area contributed by atoms with Crippen LogP contribution in [0.15, 0.2) is 38.9 Å². The van der Waals surface area contributed by atoms with Crippen molar-refractivity contribution in [1.29, 1.82) is 0 Å². The van der Waals surface area contributed by atoms with Gasteiger partial charge in [-0.1, -0.05) is 11.2 Å². The molecule has 0 N–H and O–H groups in total. The Kier molecular flexibility index (Phi) is 3.51. The first-order valence-corrected chi connectivity index (χ1v) is 8.82. The van der Waals surface area contributed by atoms with E-state index in [-0.39, 0.29) is 11.8 Å². The average Bonchev–Trinajstić information content (AvgIpc) is 3.35. The Balaban J connectivity index is 1.48. The summed E-state index contributed by atoms with van der Waals surface area (Å²) in [7, 11) is 0. The van der Waals surface area contributed by atoms with Gasteiger partial charge in [-0.15, -0.1) is 11.3 Å². The molecule has 7 heteroatoms. The molecule has 112 valence electrons. The van der Waals surface area contributed by atoms with Gasteiger partial charge in [0.05, 0.1) is 10.4 Å². The van der Waals surface area contributed by atoms with E-state index in [9.17, 15) is 4.79 Å². The quantitative estimate of drug-likeness (QED) is 0.737. The highest BCUT2D eigenvalue weighted by Crippen LogP contribution is 2.29. The predicted molar refractivity (Wildman–Crippen MR) is 85.2 cm³/mol. The topological polar surface area (TPSA) is 59.2 Å². The Morgan fingerprint density at radius 3 is 3.09 bits per heavy atom. The van der Waals surface area contributed by atoms with Crippen LogP contribution in [0.3, 0.4) is 0 Å². The van der Waals surface area contributed by atoms with Crippen LogP contribution >= 0.6 is 22.7 Å². The summed E-state index contributed by atoms with van der Waals surface area (Å²) in [6.07, 6.45) is 0.874. The van der Waals surface area contributed by atoms with Crippen molar-refractivity contribution >= 4 is 28.6 Å². The first-order chi connectivity index (χ1) is 10.8. The van der Waals surface area contributed by atoms with E-state index in [2.05, 4.69) is 10.1 Å². The lowest BCUT2D eigenvalue weighted by atomic mass is 10.1. The van der Waals surface area contributed by atoms with E-state index >= 15 is 0 Å². The summed E-state index contributed by atoms with van der Waals surface area (Å²) in [5, 5.41) is 9.89. The lowest BCUT2D eigenvalue weighted by Gasteiger charge is -2.14. The van der Waals surface area contributed by atoms with E-state index in [4.69, 9.17) is 4.52 Å². The van der Waals surface area contributed by atoms with Gasteiger partial charge in [0.15, 0.2) is 5.82 Å². The number of hydrogen-bond donors (Lipinski definition) is 0. The van der Waals surface area contributed by atoms with Crippen LogP contribution in [0.5, 0.6) is 0 Å². The normalized spacial score (nSPS) is 18.0. The standard InChI is InChI=1S/C15H13N3O2S2/c19-15(11-4-7-21-9-11)18-5-3-10(8-18)13-16-14(20-17-13)12-2-1-6-22-12/h1-2,4,6-7,9-10H,3,5,8H2. The second kappa shape index (κ2) is 5.66. The molecule has 1 unspecified atom stereocenters. The van der Waals surface area contributed by atoms with Crippen molar-refractivity contribution in [2.75, 3.05) is 13.1 Å². The molecule has 1 amide bonds. The molecule has 4 heterocycles. The van der Waals surface area contributed by atoms with Crippen molar-refractivity contribution in [3.05, 3.63) is 45.7 Å². The van der Waals surface area contributed by atoms with Gasteiger partial charge in [0.2, 0.25) is 0 Å². The third kappa shape index (κ3) is 2.46. The summed E-state index contributed by atoms with van der Waals surface area (Å²) in [4.78, 5) is 19.7. The maximum atomic E-state index is 12.3. The number of rotatable bonds is 3. The number of hydrogen-bond acceptors (Lipinski definition) is 6. The molecule has 0 bridgehead atoms. The van der Waals surface area contributed by atoms with Crippen molar-refractivity contribution in [1.82, 2.24) is 15.0 Å². The Bertz CT molecular complexity index is 765. The molecule has 0 radical (unpaired) electrons. The van der Waals surface area contributed by atoms with Gasteiger partial charge >= 0.3 is 0 Å². The monoisotopic (exact) mass is 331 g/mol. The van der Waals surface area contributed by atoms with Gasteiger partial charge in [-0.3, -0.25) is 4.79 Å². The lowest BCUT2D eigenvalue weighted by Crippen LogP contribution is -2.28. The fourth-order valence-corrected chi connectivity index (χ4v) is 3.90. The van der Waals surface area contributed by atoms with Gasteiger partial charge in [-0.2, -0.15) is 16.3 Å². The maximum Gasteiger partial charge on any atom is 0.267 e. The summed E-state index contributed by atoms with van der Waals surface area (Å²) in [6, 6.07) is 5.78. The number of nitrogens with zero attached hydrogens (tertiary/aromatic N) is 3. The largest absolute Gasteiger partial charge is 0.338 e. The minimum Gasteiger partial charge on any atom is -0.338 e. The summed E-state index contributed by atoms with van der Waals surface area (Å²) < 4.78 is 5.34. The van der Waals surface area contributed by atoms with E-state index in [0.717, 1.165) is 23.4 Å². The van der Waals surface area contributed by atoms with Crippen LogP contribution in [0.1, 0.15) is 28.5 Å². The van der Waals surface area contributed by atoms with Gasteiger partial charge in [0.25, 0.3) is 11.8 Å². The zero-order valence-corrected chi connectivity index (χ0v) is 13.3. The molecule has 3 aromatic heterocycles. The molecule has 0 aromatic carbocycles. The minimum atomic E-state index is 0.0886. The van der Waals surface area contributed by atoms with E-state index in [1.54, 1.807) is 11.3 Å². The molecule has 0 saturated carbocycles. The van der Waals surface area contributed by atoms with Crippen molar-refractivity contribution < 1.29 is 9.32 Å². The summed E-state index contributed by atoms with van der Waals surface area (Å²) in [5.74, 6) is 1.50. The van der Waals surface area contributed by atoms with E-state index in [1.165, 1.54) is 11.3 Å². The number of carbonyl (C=O) groups excluding carboxylic acids is 1. The molecule has 1 aliphatic rings. The highest BCUT2D eigenvalue weighted by Gasteiger charge is 2.31. The number of amides is 1. The molecule has 0 aliphatic carbocycles. The second-order valence-corrected chi connectivity index (χ2v) is 6.91. The number of thiophene rings is 2. The van der Waals surface area contributed by atoms with Crippen molar-refractivity contribution in [2.45, 2.75) is 12.3 Å². The first-order valence-electron chi connectivity index (χ1n) is 7.00. The SMILES string of the molecule is O=C(c1ccsc1)N1CCC(c2noc(-c3cccs3)n2)C1. The Morgan fingerprint density at radius 1 is 1.36 bits per heavy atom. The van der Waals surface area contributed by atoms with E-state index < -0.39 is 0 Å². The van der Waals surface area contributed by atoms with Crippen molar-refractivity contribution in [2.24, 2.45) is 0 Å². The molecule has 3 aromatic rings. The molecule has 4 rings (SSSR count). The number of aromatic nitrogens is 2. The second-order valence-electron chi connectivity index (χ2n) is 5.18. The molecule has 1 fully saturated rings. The zero-order chi connectivity index (χ0) is 14.9. The molecule has 1 aliphatic heterocycles. The van der Waals surface area contributed by atoms with Crippen LogP contribution in [-0.4, -0.2) is 34.0 Å². The fraction of sp³-hybridized carbons (Fsp3) is 0.267. The highest BCUT2D eigenvalue weighted by molar-refractivity contribution is 7.13. The van der Waals surface area contributed by atoms with Crippen LogP contribution in [0.25, 0.3) is 10.8 Å². The minimum absolute atomic E-state index is 0.0886. The molecule has 1 saturated heterocycles. The highest BCUT2D eigenvalue weighted by atomic mass is 32.1. The molecular formula is C15H13N3O2S2. The van der Waals surface area contributed by atoms with Gasteiger partial charge in [0, 0.05) is 24.4 Å². The van der Waals surface area contributed by atoms with Crippen LogP contribution in [0, 0.1) is 0 Å². The lowest BCUT2D eigenvalue weighted by molar-refractivity contribution is 0.0791. The van der Waals surface area contributed by atoms with Crippen LogP contribution in [0.4, 0.5) is 0 Å².